The summed E-state index contributed by atoms with van der Waals surface area (Å²) in [6.45, 7) is 21.8. The molecule has 27 nitrogen and oxygen atoms in total. The highest BCUT2D eigenvalue weighted by Gasteiger charge is 2.41. The number of unbranched alkanes of at least 4 members (excludes halogenated alkanes) is 8. The number of hydrogen-bond acceptors (Lipinski definition) is 16. The summed E-state index contributed by atoms with van der Waals surface area (Å²) in [5.41, 5.74) is 0. The zero-order valence-corrected chi connectivity index (χ0v) is 56.6. The van der Waals surface area contributed by atoms with Gasteiger partial charge in [0.15, 0.2) is 0 Å². The molecule has 0 spiro atoms. The Balaban J connectivity index is 4.02. The zero-order chi connectivity index (χ0) is 69.2. The molecule has 0 saturated carbocycles. The number of cyclic esters (lactones) is 1. The molecule has 0 radical (unpaired) electrons. The van der Waals surface area contributed by atoms with Gasteiger partial charge in [0.1, 0.15) is 66.5 Å². The second-order valence-corrected chi connectivity index (χ2v) is 26.5. The van der Waals surface area contributed by atoms with Gasteiger partial charge in [-0.3, -0.25) is 52.7 Å². The van der Waals surface area contributed by atoms with Crippen LogP contribution in [0.4, 0.5) is 0 Å². The number of amides is 10. The van der Waals surface area contributed by atoms with Crippen molar-refractivity contribution in [3.05, 3.63) is 0 Å². The Morgan fingerprint density at radius 1 is 0.505 bits per heavy atom. The molecule has 13 atom stereocenters. The lowest BCUT2D eigenvalue weighted by Gasteiger charge is -2.32. The van der Waals surface area contributed by atoms with Gasteiger partial charge < -0.3 is 78.3 Å². The molecule has 0 aliphatic carbocycles. The Morgan fingerprint density at radius 3 is 1.36 bits per heavy atom. The lowest BCUT2D eigenvalue weighted by molar-refractivity contribution is -0.157. The molecule has 0 aromatic heterocycles. The molecule has 0 bridgehead atoms. The minimum absolute atomic E-state index is 0.00513. The minimum atomic E-state index is -1.99. The Bertz CT molecular complexity index is 2340. The quantitative estimate of drug-likeness (QED) is 0.0331. The van der Waals surface area contributed by atoms with Crippen LogP contribution < -0.4 is 53.2 Å². The van der Waals surface area contributed by atoms with Crippen molar-refractivity contribution in [3.63, 3.8) is 0 Å². The normalized spacial score (nSPS) is 23.6. The van der Waals surface area contributed by atoms with E-state index in [4.69, 9.17) is 4.74 Å². The average molecular weight is 1300 g/mol. The van der Waals surface area contributed by atoms with E-state index in [2.05, 4.69) is 60.1 Å². The van der Waals surface area contributed by atoms with E-state index >= 15 is 0 Å². The van der Waals surface area contributed by atoms with Crippen molar-refractivity contribution in [1.29, 1.82) is 0 Å². The summed E-state index contributed by atoms with van der Waals surface area (Å²) in [6, 6.07) is -15.7. The maximum Gasteiger partial charge on any atom is 0.329 e. The standard InChI is InChI=1S/C64H114N10O17/c1-15-17-18-19-20-21-22-23-24-25-42(77)32-50(78)65-44(28-35(3)4)56(82)66-43(26-27-51(79)80)55(81)74-54-41(14)91-64(90)52(39(11)12)72-61(87)49(34-76)71-58(84)46(30-37(7)8)67-57(83)45(29-36(5)6)68-60(86)48(33-75)70-59(85)47(31-38(9)10)69-62(88)53(40(13)16-2)73-63(54)89/h35-49,52-54,75-77H,15-34H2,1-14H3,(H,65,78)(H,66,82)(H,67,83)(H,68,86)(H,69,88)(H,70,85)(H,71,84)(H,72,87)(H,73,89)(H,74,81)(H,79,80)/t40-,41+,42?,43+,44-,45-,46-,47?,48+,49+,52-,53+,54+/m0/s1. The van der Waals surface area contributed by atoms with Gasteiger partial charge in [-0.2, -0.15) is 0 Å². The smallest absolute Gasteiger partial charge is 0.329 e. The molecule has 14 N–H and O–H groups in total. The van der Waals surface area contributed by atoms with Gasteiger partial charge in [-0.25, -0.2) is 4.79 Å². The van der Waals surface area contributed by atoms with E-state index in [1.54, 1.807) is 69.2 Å². The van der Waals surface area contributed by atoms with Crippen molar-refractivity contribution in [2.75, 3.05) is 13.2 Å². The minimum Gasteiger partial charge on any atom is -0.481 e. The van der Waals surface area contributed by atoms with E-state index in [1.807, 2.05) is 0 Å². The number of ether oxygens (including phenoxy) is 1. The predicted octanol–water partition coefficient (Wildman–Crippen LogP) is 2.19. The molecule has 522 valence electrons. The molecular weight excluding hydrogens is 1180 g/mol. The number of hydrogen-bond donors (Lipinski definition) is 14. The van der Waals surface area contributed by atoms with E-state index < -0.39 is 182 Å². The van der Waals surface area contributed by atoms with Crippen molar-refractivity contribution in [2.24, 2.45) is 35.5 Å². The Labute approximate surface area is 538 Å². The molecule has 10 amide bonds. The van der Waals surface area contributed by atoms with Crippen LogP contribution in [-0.4, -0.2) is 177 Å². The van der Waals surface area contributed by atoms with Crippen molar-refractivity contribution >= 4 is 71.0 Å². The third-order valence-electron chi connectivity index (χ3n) is 15.7. The van der Waals surface area contributed by atoms with E-state index in [0.29, 0.717) is 12.8 Å². The molecule has 0 aromatic carbocycles. The van der Waals surface area contributed by atoms with Crippen molar-refractivity contribution in [2.45, 2.75) is 285 Å². The van der Waals surface area contributed by atoms with Crippen LogP contribution in [-0.2, 0) is 62.3 Å². The first-order chi connectivity index (χ1) is 42.7. The highest BCUT2D eigenvalue weighted by molar-refractivity contribution is 5.99. The highest BCUT2D eigenvalue weighted by Crippen LogP contribution is 2.18. The number of esters is 1. The fourth-order valence-corrected chi connectivity index (χ4v) is 10.3. The van der Waals surface area contributed by atoms with Crippen LogP contribution in [0.5, 0.6) is 0 Å². The lowest BCUT2D eigenvalue weighted by Crippen LogP contribution is -2.63. The largest absolute Gasteiger partial charge is 0.481 e. The number of aliphatic hydroxyl groups is 3. The zero-order valence-electron chi connectivity index (χ0n) is 56.6. The molecule has 1 saturated heterocycles. The Morgan fingerprint density at radius 2 is 0.934 bits per heavy atom. The van der Waals surface area contributed by atoms with Crippen molar-refractivity contribution in [3.8, 4) is 0 Å². The number of carboxylic acid groups (broad SMARTS) is 1. The van der Waals surface area contributed by atoms with Gasteiger partial charge in [0.25, 0.3) is 0 Å². The number of carbonyl (C=O) groups excluding carboxylic acids is 11. The van der Waals surface area contributed by atoms with Crippen LogP contribution in [0.2, 0.25) is 0 Å². The number of aliphatic hydroxyl groups excluding tert-OH is 3. The fourth-order valence-electron chi connectivity index (χ4n) is 10.3. The summed E-state index contributed by atoms with van der Waals surface area (Å²) in [5, 5.41) is 67.0. The summed E-state index contributed by atoms with van der Waals surface area (Å²) in [6.07, 6.45) is 5.80. The number of rotatable bonds is 33. The first-order valence-electron chi connectivity index (χ1n) is 33.0. The Hall–Kier alpha value is -6.48. The van der Waals surface area contributed by atoms with Gasteiger partial charge in [-0.1, -0.05) is 154 Å². The molecule has 1 heterocycles. The number of nitrogens with one attached hydrogen (secondary N) is 10. The first-order valence-corrected chi connectivity index (χ1v) is 33.0. The van der Waals surface area contributed by atoms with Crippen LogP contribution in [0.15, 0.2) is 0 Å². The maximum absolute atomic E-state index is 15.0. The van der Waals surface area contributed by atoms with Gasteiger partial charge in [-0.05, 0) is 81.0 Å². The van der Waals surface area contributed by atoms with Crippen LogP contribution in [0.3, 0.4) is 0 Å². The van der Waals surface area contributed by atoms with E-state index in [1.165, 1.54) is 40.0 Å². The predicted molar refractivity (Wildman–Crippen MR) is 340 cm³/mol. The van der Waals surface area contributed by atoms with Gasteiger partial charge in [0.05, 0.1) is 25.7 Å². The number of carboxylic acids is 1. The van der Waals surface area contributed by atoms with Gasteiger partial charge in [-0.15, -0.1) is 0 Å². The molecule has 91 heavy (non-hydrogen) atoms. The van der Waals surface area contributed by atoms with Crippen LogP contribution in [0.25, 0.3) is 0 Å². The SMILES string of the molecule is CCCCCCCCCCCC(O)CC(=O)N[C@@H](CC(C)C)C(=O)N[C@H](CCC(=O)O)C(=O)N[C@H]1C(=O)N[C@H]([C@@H](C)CC)C(=O)NC(CC(C)C)C(=O)N[C@H](CO)C(=O)N[C@@H](CC(C)C)C(=O)N[C@@H](CC(C)C)C(=O)N[C@H](CO)C(=O)N[C@@H](C(C)C)C(=O)O[C@@H]1C. The summed E-state index contributed by atoms with van der Waals surface area (Å²) in [4.78, 5) is 168. The summed E-state index contributed by atoms with van der Waals surface area (Å²) in [7, 11) is 0. The molecule has 27 heteroatoms. The summed E-state index contributed by atoms with van der Waals surface area (Å²) < 4.78 is 5.85. The average Bonchev–Trinajstić information content (AvgIpc) is 1.67. The highest BCUT2D eigenvalue weighted by atomic mass is 16.5. The van der Waals surface area contributed by atoms with Gasteiger partial charge >= 0.3 is 11.9 Å². The van der Waals surface area contributed by atoms with E-state index in [-0.39, 0.29) is 62.2 Å². The second-order valence-electron chi connectivity index (χ2n) is 26.5. The lowest BCUT2D eigenvalue weighted by atomic mass is 9.96. The maximum atomic E-state index is 15.0. The first kappa shape index (κ1) is 82.5. The third-order valence-corrected chi connectivity index (χ3v) is 15.7. The second kappa shape index (κ2) is 43.4. The molecular formula is C64H114N10O17. The molecule has 2 unspecified atom stereocenters. The van der Waals surface area contributed by atoms with Gasteiger partial charge in [0.2, 0.25) is 59.1 Å². The van der Waals surface area contributed by atoms with Crippen LogP contribution in [0.1, 0.15) is 213 Å². The van der Waals surface area contributed by atoms with Crippen LogP contribution >= 0.6 is 0 Å². The third kappa shape index (κ3) is 32.1. The fraction of sp³-hybridized carbons (Fsp3) is 0.812. The van der Waals surface area contributed by atoms with Crippen LogP contribution in [0, 0.1) is 35.5 Å². The molecule has 0 aromatic rings. The molecule has 1 fully saturated rings. The molecule has 1 aliphatic heterocycles. The van der Waals surface area contributed by atoms with E-state index in [9.17, 15) is 78.0 Å². The van der Waals surface area contributed by atoms with Crippen molar-refractivity contribution < 1.29 is 82.7 Å². The van der Waals surface area contributed by atoms with Gasteiger partial charge in [0, 0.05) is 6.42 Å². The monoisotopic (exact) mass is 1290 g/mol. The molecule has 1 aliphatic rings. The number of carbonyl (C=O) groups is 12. The van der Waals surface area contributed by atoms with E-state index in [0.717, 1.165) is 32.1 Å². The molecule has 1 rings (SSSR count). The topological polar surface area (TPSA) is 415 Å². The summed E-state index contributed by atoms with van der Waals surface area (Å²) in [5.74, 6) is -14.7. The number of aliphatic carboxylic acids is 1. The Kier molecular flexibility index (Phi) is 39.3. The van der Waals surface area contributed by atoms with Crippen molar-refractivity contribution in [1.82, 2.24) is 53.2 Å². The summed E-state index contributed by atoms with van der Waals surface area (Å²) >= 11 is 0.